The lowest BCUT2D eigenvalue weighted by Crippen LogP contribution is -2.50. The predicted molar refractivity (Wildman–Crippen MR) is 118 cm³/mol. The van der Waals surface area contributed by atoms with Crippen LogP contribution in [-0.2, 0) is 11.3 Å². The number of aryl methyl sites for hydroxylation is 1. The summed E-state index contributed by atoms with van der Waals surface area (Å²) in [6.07, 6.45) is 0. The molecule has 1 aromatic heterocycles. The van der Waals surface area contributed by atoms with E-state index in [4.69, 9.17) is 4.98 Å². The Bertz CT molecular complexity index is 987. The van der Waals surface area contributed by atoms with E-state index in [9.17, 15) is 4.79 Å². The fourth-order valence-electron chi connectivity index (χ4n) is 3.63. The molecule has 1 saturated heterocycles. The van der Waals surface area contributed by atoms with E-state index in [0.29, 0.717) is 0 Å². The van der Waals surface area contributed by atoms with Crippen molar-refractivity contribution in [1.82, 2.24) is 19.8 Å². The number of benzene rings is 2. The van der Waals surface area contributed by atoms with Crippen molar-refractivity contribution in [2.75, 3.05) is 26.2 Å². The van der Waals surface area contributed by atoms with Gasteiger partial charge in [-0.2, -0.15) is 0 Å². The summed E-state index contributed by atoms with van der Waals surface area (Å²) >= 11 is 1.51. The highest BCUT2D eigenvalue weighted by atomic mass is 32.2. The van der Waals surface area contributed by atoms with Crippen LogP contribution in [0.5, 0.6) is 0 Å². The molecule has 2 aromatic carbocycles. The van der Waals surface area contributed by atoms with Crippen LogP contribution in [0.2, 0.25) is 0 Å². The van der Waals surface area contributed by atoms with Gasteiger partial charge < -0.3 is 4.90 Å². The molecule has 0 unspecified atom stereocenters. The highest BCUT2D eigenvalue weighted by Crippen LogP contribution is 2.27. The summed E-state index contributed by atoms with van der Waals surface area (Å²) in [5.41, 5.74) is 3.96. The number of nitrogens with zero attached hydrogens (tertiary/aromatic N) is 4. The normalized spacial score (nSPS) is 16.1. The molecule has 1 aliphatic rings. The zero-order valence-electron chi connectivity index (χ0n) is 16.9. The van der Waals surface area contributed by atoms with Crippen molar-refractivity contribution in [1.29, 1.82) is 0 Å². The number of para-hydroxylation sites is 2. The van der Waals surface area contributed by atoms with Gasteiger partial charge in [0.1, 0.15) is 5.03 Å². The van der Waals surface area contributed by atoms with Crippen LogP contribution in [0.4, 0.5) is 0 Å². The van der Waals surface area contributed by atoms with Gasteiger partial charge in [0, 0.05) is 32.7 Å². The molecule has 2 heterocycles. The predicted octanol–water partition coefficient (Wildman–Crippen LogP) is 3.76. The molecule has 6 heteroatoms. The number of thioether (sulfide) groups is 1. The lowest BCUT2D eigenvalue weighted by Gasteiger charge is -2.35. The molecule has 1 fully saturated rings. The topological polar surface area (TPSA) is 49.3 Å². The zero-order chi connectivity index (χ0) is 20.2. The van der Waals surface area contributed by atoms with E-state index in [1.807, 2.05) is 49.1 Å². The molecule has 3 aromatic rings. The van der Waals surface area contributed by atoms with Crippen molar-refractivity contribution in [2.45, 2.75) is 30.7 Å². The molecular weight excluding hydrogens is 380 g/mol. The van der Waals surface area contributed by atoms with Crippen LogP contribution in [0.25, 0.3) is 11.0 Å². The molecule has 0 spiro atoms. The van der Waals surface area contributed by atoms with E-state index in [1.165, 1.54) is 17.3 Å². The second-order valence-electron chi connectivity index (χ2n) is 7.45. The quantitative estimate of drug-likeness (QED) is 0.604. The standard InChI is InChI=1S/C23H26N4OS/c1-17-22(25-21-11-7-6-10-20(21)24-17)29-18(2)23(28)27-14-12-26(13-15-27)16-19-8-4-3-5-9-19/h3-11,18H,12-16H2,1-2H3/t18-/m1/s1. The maximum atomic E-state index is 13.0. The van der Waals surface area contributed by atoms with Crippen LogP contribution < -0.4 is 0 Å². The number of hydrogen-bond donors (Lipinski definition) is 0. The third-order valence-electron chi connectivity index (χ3n) is 5.27. The minimum atomic E-state index is -0.176. The Balaban J connectivity index is 1.35. The average molecular weight is 407 g/mol. The summed E-state index contributed by atoms with van der Waals surface area (Å²) in [4.78, 5) is 26.7. The first-order valence-electron chi connectivity index (χ1n) is 10.1. The van der Waals surface area contributed by atoms with Gasteiger partial charge in [0.05, 0.1) is 22.0 Å². The molecule has 0 radical (unpaired) electrons. The summed E-state index contributed by atoms with van der Waals surface area (Å²) < 4.78 is 0. The van der Waals surface area contributed by atoms with Crippen LogP contribution in [0.15, 0.2) is 59.6 Å². The number of rotatable bonds is 5. The number of hydrogen-bond acceptors (Lipinski definition) is 5. The van der Waals surface area contributed by atoms with Crippen LogP contribution in [0.3, 0.4) is 0 Å². The van der Waals surface area contributed by atoms with Crippen LogP contribution in [0.1, 0.15) is 18.2 Å². The van der Waals surface area contributed by atoms with Gasteiger partial charge in [-0.15, -0.1) is 0 Å². The summed E-state index contributed by atoms with van der Waals surface area (Å²) in [6, 6.07) is 18.4. The first-order chi connectivity index (χ1) is 14.1. The largest absolute Gasteiger partial charge is 0.339 e. The van der Waals surface area contributed by atoms with Gasteiger partial charge in [-0.25, -0.2) is 9.97 Å². The molecule has 150 valence electrons. The maximum absolute atomic E-state index is 13.0. The minimum absolute atomic E-state index is 0.176. The van der Waals surface area contributed by atoms with Gasteiger partial charge >= 0.3 is 0 Å². The average Bonchev–Trinajstić information content (AvgIpc) is 2.75. The Kier molecular flexibility index (Phi) is 6.11. The first kappa shape index (κ1) is 19.9. The number of amides is 1. The first-order valence-corrected chi connectivity index (χ1v) is 10.9. The van der Waals surface area contributed by atoms with E-state index in [1.54, 1.807) is 0 Å². The molecule has 1 atom stereocenters. The van der Waals surface area contributed by atoms with Crippen molar-refractivity contribution >= 4 is 28.7 Å². The Morgan fingerprint density at radius 1 is 0.966 bits per heavy atom. The molecule has 0 bridgehead atoms. The SMILES string of the molecule is Cc1nc2ccccc2nc1S[C@H](C)C(=O)N1CCN(Cc2ccccc2)CC1. The maximum Gasteiger partial charge on any atom is 0.235 e. The molecule has 4 rings (SSSR count). The summed E-state index contributed by atoms with van der Waals surface area (Å²) in [5, 5.41) is 0.664. The van der Waals surface area contributed by atoms with Gasteiger partial charge in [-0.3, -0.25) is 9.69 Å². The number of aromatic nitrogens is 2. The summed E-state index contributed by atoms with van der Waals surface area (Å²) in [7, 11) is 0. The Labute approximate surface area is 176 Å². The monoisotopic (exact) mass is 406 g/mol. The van der Waals surface area contributed by atoms with Gasteiger partial charge in [0.25, 0.3) is 0 Å². The number of piperazine rings is 1. The Morgan fingerprint density at radius 3 is 2.28 bits per heavy atom. The fourth-order valence-corrected chi connectivity index (χ4v) is 4.58. The van der Waals surface area contributed by atoms with Crippen molar-refractivity contribution in [2.24, 2.45) is 0 Å². The second-order valence-corrected chi connectivity index (χ2v) is 8.78. The lowest BCUT2D eigenvalue weighted by atomic mass is 10.2. The van der Waals surface area contributed by atoms with Gasteiger partial charge in [-0.05, 0) is 31.5 Å². The molecule has 29 heavy (non-hydrogen) atoms. The van der Waals surface area contributed by atoms with E-state index in [-0.39, 0.29) is 11.2 Å². The van der Waals surface area contributed by atoms with Crippen LogP contribution in [-0.4, -0.2) is 57.1 Å². The number of carbonyl (C=O) groups is 1. The molecule has 1 aliphatic heterocycles. The molecular formula is C23H26N4OS. The van der Waals surface area contributed by atoms with Gasteiger partial charge in [0.15, 0.2) is 0 Å². The molecule has 1 amide bonds. The Morgan fingerprint density at radius 2 is 1.59 bits per heavy atom. The smallest absolute Gasteiger partial charge is 0.235 e. The van der Waals surface area contributed by atoms with Gasteiger partial charge in [0.2, 0.25) is 5.91 Å². The fraction of sp³-hybridized carbons (Fsp3) is 0.348. The third-order valence-corrected chi connectivity index (χ3v) is 6.44. The van der Waals surface area contributed by atoms with Crippen LogP contribution in [0, 0.1) is 6.92 Å². The lowest BCUT2D eigenvalue weighted by molar-refractivity contribution is -0.132. The van der Waals surface area contributed by atoms with E-state index in [0.717, 1.165) is 54.5 Å². The van der Waals surface area contributed by atoms with Gasteiger partial charge in [-0.1, -0.05) is 54.2 Å². The van der Waals surface area contributed by atoms with E-state index < -0.39 is 0 Å². The van der Waals surface area contributed by atoms with Crippen molar-refractivity contribution in [3.63, 3.8) is 0 Å². The highest BCUT2D eigenvalue weighted by Gasteiger charge is 2.26. The molecule has 0 aliphatic carbocycles. The second kappa shape index (κ2) is 8.93. The Hall–Kier alpha value is -2.44. The minimum Gasteiger partial charge on any atom is -0.339 e. The molecule has 5 nitrogen and oxygen atoms in total. The number of carbonyl (C=O) groups excluding carboxylic acids is 1. The van der Waals surface area contributed by atoms with E-state index in [2.05, 4.69) is 34.1 Å². The van der Waals surface area contributed by atoms with E-state index >= 15 is 0 Å². The van der Waals surface area contributed by atoms with Crippen LogP contribution >= 0.6 is 11.8 Å². The third kappa shape index (κ3) is 4.77. The summed E-state index contributed by atoms with van der Waals surface area (Å²) in [5.74, 6) is 0.184. The molecule has 0 saturated carbocycles. The summed E-state index contributed by atoms with van der Waals surface area (Å²) in [6.45, 7) is 8.25. The van der Waals surface area contributed by atoms with Crippen molar-refractivity contribution in [3.8, 4) is 0 Å². The zero-order valence-corrected chi connectivity index (χ0v) is 17.7. The van der Waals surface area contributed by atoms with Crippen molar-refractivity contribution < 1.29 is 4.79 Å². The highest BCUT2D eigenvalue weighted by molar-refractivity contribution is 8.00. The van der Waals surface area contributed by atoms with Crippen molar-refractivity contribution in [3.05, 3.63) is 65.9 Å². The molecule has 0 N–H and O–H groups in total. The number of fused-ring (bicyclic) bond motifs is 1.